The maximum atomic E-state index is 12.2. The van der Waals surface area contributed by atoms with E-state index < -0.39 is 0 Å². The zero-order valence-corrected chi connectivity index (χ0v) is 15.4. The number of rotatable bonds is 8. The molecule has 0 aliphatic rings. The molecule has 0 unspecified atom stereocenters. The molecule has 0 radical (unpaired) electrons. The van der Waals surface area contributed by atoms with E-state index in [1.165, 1.54) is 4.88 Å². The number of nitrogens with one attached hydrogen (secondary N) is 2. The van der Waals surface area contributed by atoms with Gasteiger partial charge in [-0.05, 0) is 30.0 Å². The molecule has 0 fully saturated rings. The van der Waals surface area contributed by atoms with Crippen LogP contribution in [0.4, 0.5) is 4.39 Å². The number of nitrogens with zero attached hydrogens (tertiary/aromatic N) is 1. The Morgan fingerprint density at radius 1 is 1.23 bits per heavy atom. The van der Waals surface area contributed by atoms with Crippen molar-refractivity contribution in [2.45, 2.75) is 19.4 Å². The van der Waals surface area contributed by atoms with E-state index in [9.17, 15) is 4.39 Å². The van der Waals surface area contributed by atoms with Gasteiger partial charge in [-0.2, -0.15) is 0 Å². The van der Waals surface area contributed by atoms with Crippen LogP contribution in [0.3, 0.4) is 0 Å². The number of hydrogen-bond acceptors (Lipinski definition) is 3. The van der Waals surface area contributed by atoms with Gasteiger partial charge >= 0.3 is 0 Å². The third kappa shape index (κ3) is 7.26. The molecule has 0 aliphatic heterocycles. The summed E-state index contributed by atoms with van der Waals surface area (Å²) in [5.74, 6) is 1.65. The van der Waals surface area contributed by atoms with E-state index in [1.54, 1.807) is 17.6 Å². The van der Waals surface area contributed by atoms with Crippen molar-refractivity contribution in [2.24, 2.45) is 4.99 Å². The average molecular weight is 437 g/mol. The minimum absolute atomic E-state index is 0. The molecule has 0 spiro atoms. The number of thiophene rings is 1. The van der Waals surface area contributed by atoms with Crippen molar-refractivity contribution >= 4 is 41.3 Å². The fraction of sp³-hybridized carbons (Fsp3) is 0.400. The molecular weight excluding hydrogens is 416 g/mol. The molecule has 2 rings (SSSR count). The van der Waals surface area contributed by atoms with Crippen molar-refractivity contribution in [1.82, 2.24) is 10.6 Å². The molecule has 2 aromatic heterocycles. The highest BCUT2D eigenvalue weighted by Gasteiger charge is 2.01. The Morgan fingerprint density at radius 2 is 2.09 bits per heavy atom. The molecule has 22 heavy (non-hydrogen) atoms. The van der Waals surface area contributed by atoms with Gasteiger partial charge in [-0.25, -0.2) is 4.99 Å². The minimum atomic E-state index is -0.322. The Kier molecular flexibility index (Phi) is 9.89. The summed E-state index contributed by atoms with van der Waals surface area (Å²) in [4.78, 5) is 5.71. The minimum Gasteiger partial charge on any atom is -0.469 e. The van der Waals surface area contributed by atoms with Crippen LogP contribution < -0.4 is 10.6 Å². The van der Waals surface area contributed by atoms with Crippen LogP contribution >= 0.6 is 35.3 Å². The summed E-state index contributed by atoms with van der Waals surface area (Å²) in [5.41, 5.74) is 0. The van der Waals surface area contributed by atoms with Crippen LogP contribution in [-0.2, 0) is 13.0 Å². The summed E-state index contributed by atoms with van der Waals surface area (Å²) < 4.78 is 17.5. The number of aliphatic imine (C=N–C) groups is 1. The SMILES string of the molecule is FCCCNC(=NCc1cccs1)NCCc1ccco1.I. The predicted molar refractivity (Wildman–Crippen MR) is 99.9 cm³/mol. The van der Waals surface area contributed by atoms with E-state index >= 15 is 0 Å². The fourth-order valence-corrected chi connectivity index (χ4v) is 2.39. The maximum absolute atomic E-state index is 12.2. The summed E-state index contributed by atoms with van der Waals surface area (Å²) in [7, 11) is 0. The Labute approximate surface area is 151 Å². The summed E-state index contributed by atoms with van der Waals surface area (Å²) in [5, 5.41) is 8.41. The normalized spacial score (nSPS) is 11.0. The molecule has 0 saturated carbocycles. The van der Waals surface area contributed by atoms with Crippen molar-refractivity contribution in [1.29, 1.82) is 0 Å². The Bertz CT molecular complexity index is 517. The van der Waals surface area contributed by atoms with Crippen LogP contribution in [0.5, 0.6) is 0 Å². The summed E-state index contributed by atoms with van der Waals surface area (Å²) in [6.45, 7) is 1.61. The predicted octanol–water partition coefficient (Wildman–Crippen LogP) is 3.60. The van der Waals surface area contributed by atoms with E-state index in [4.69, 9.17) is 4.42 Å². The molecule has 4 nitrogen and oxygen atoms in total. The van der Waals surface area contributed by atoms with Crippen LogP contribution in [0.1, 0.15) is 17.1 Å². The molecule has 0 aliphatic carbocycles. The molecule has 7 heteroatoms. The van der Waals surface area contributed by atoms with Crippen molar-refractivity contribution in [3.8, 4) is 0 Å². The van der Waals surface area contributed by atoms with E-state index in [0.29, 0.717) is 25.5 Å². The zero-order valence-electron chi connectivity index (χ0n) is 12.3. The lowest BCUT2D eigenvalue weighted by molar-refractivity contribution is 0.470. The first-order chi connectivity index (χ1) is 10.4. The summed E-state index contributed by atoms with van der Waals surface area (Å²) >= 11 is 1.68. The van der Waals surface area contributed by atoms with Crippen LogP contribution in [0.25, 0.3) is 0 Å². The molecule has 0 atom stereocenters. The number of furan rings is 1. The van der Waals surface area contributed by atoms with Crippen LogP contribution in [0.15, 0.2) is 45.3 Å². The van der Waals surface area contributed by atoms with Crippen molar-refractivity contribution in [3.63, 3.8) is 0 Å². The molecule has 122 valence electrons. The first kappa shape index (κ1) is 19.0. The molecule has 2 N–H and O–H groups in total. The average Bonchev–Trinajstić information content (AvgIpc) is 3.18. The molecule has 0 amide bonds. The van der Waals surface area contributed by atoms with Gasteiger partial charge in [0.05, 0.1) is 19.5 Å². The van der Waals surface area contributed by atoms with Gasteiger partial charge in [0.15, 0.2) is 5.96 Å². The monoisotopic (exact) mass is 437 g/mol. The highest BCUT2D eigenvalue weighted by Crippen LogP contribution is 2.09. The van der Waals surface area contributed by atoms with Gasteiger partial charge in [-0.3, -0.25) is 4.39 Å². The van der Waals surface area contributed by atoms with E-state index in [2.05, 4.69) is 21.7 Å². The molecule has 2 aromatic rings. The second-order valence-electron chi connectivity index (χ2n) is 4.47. The van der Waals surface area contributed by atoms with Crippen molar-refractivity contribution in [2.75, 3.05) is 19.8 Å². The third-order valence-electron chi connectivity index (χ3n) is 2.82. The molecule has 0 saturated heterocycles. The summed E-state index contributed by atoms with van der Waals surface area (Å²) in [6.07, 6.45) is 2.94. The van der Waals surface area contributed by atoms with E-state index in [-0.39, 0.29) is 30.7 Å². The molecular formula is C15H21FIN3OS. The second kappa shape index (κ2) is 11.5. The van der Waals surface area contributed by atoms with Crippen LogP contribution in [0.2, 0.25) is 0 Å². The van der Waals surface area contributed by atoms with Gasteiger partial charge in [-0.1, -0.05) is 6.07 Å². The topological polar surface area (TPSA) is 49.6 Å². The smallest absolute Gasteiger partial charge is 0.191 e. The number of alkyl halides is 1. The lowest BCUT2D eigenvalue weighted by Gasteiger charge is -2.11. The lowest BCUT2D eigenvalue weighted by atomic mass is 10.3. The van der Waals surface area contributed by atoms with E-state index in [1.807, 2.05) is 23.6 Å². The largest absolute Gasteiger partial charge is 0.469 e. The van der Waals surface area contributed by atoms with Gasteiger partial charge in [0.2, 0.25) is 0 Å². The van der Waals surface area contributed by atoms with Gasteiger partial charge in [0, 0.05) is 24.4 Å². The Balaban J connectivity index is 0.00000242. The number of halogens is 2. The lowest BCUT2D eigenvalue weighted by Crippen LogP contribution is -2.39. The standard InChI is InChI=1S/C15H20FN3OS.HI/c16-7-3-8-17-15(19-12-14-5-2-11-21-14)18-9-6-13-4-1-10-20-13;/h1-2,4-5,10-11H,3,6-9,12H2,(H2,17,18,19);1H. The zero-order chi connectivity index (χ0) is 14.8. The Hall–Kier alpha value is -1.09. The fourth-order valence-electron chi connectivity index (χ4n) is 1.77. The van der Waals surface area contributed by atoms with E-state index in [0.717, 1.165) is 18.7 Å². The maximum Gasteiger partial charge on any atom is 0.191 e. The van der Waals surface area contributed by atoms with Crippen molar-refractivity contribution in [3.05, 3.63) is 46.5 Å². The highest BCUT2D eigenvalue weighted by atomic mass is 127. The summed E-state index contributed by atoms with van der Waals surface area (Å²) in [6, 6.07) is 7.88. The van der Waals surface area contributed by atoms with Gasteiger partial charge in [0.25, 0.3) is 0 Å². The first-order valence-corrected chi connectivity index (χ1v) is 7.89. The van der Waals surface area contributed by atoms with Crippen molar-refractivity contribution < 1.29 is 8.81 Å². The quantitative estimate of drug-likeness (QED) is 0.287. The van der Waals surface area contributed by atoms with Gasteiger partial charge in [-0.15, -0.1) is 35.3 Å². The number of hydrogen-bond donors (Lipinski definition) is 2. The van der Waals surface area contributed by atoms with Gasteiger partial charge < -0.3 is 15.1 Å². The molecule has 0 bridgehead atoms. The second-order valence-corrected chi connectivity index (χ2v) is 5.50. The Morgan fingerprint density at radius 3 is 2.77 bits per heavy atom. The van der Waals surface area contributed by atoms with Gasteiger partial charge in [0.1, 0.15) is 5.76 Å². The number of guanidine groups is 1. The molecule has 2 heterocycles. The van der Waals surface area contributed by atoms with Crippen LogP contribution in [-0.4, -0.2) is 25.7 Å². The third-order valence-corrected chi connectivity index (χ3v) is 3.68. The first-order valence-electron chi connectivity index (χ1n) is 7.01. The van der Waals surface area contributed by atoms with Crippen LogP contribution in [0, 0.1) is 0 Å². The highest BCUT2D eigenvalue weighted by molar-refractivity contribution is 14.0. The molecule has 0 aromatic carbocycles.